The van der Waals surface area contributed by atoms with Crippen LogP contribution in [0.2, 0.25) is 0 Å². The zero-order valence-electron chi connectivity index (χ0n) is 14.7. The molecule has 2 aromatic carbocycles. The molecule has 0 aliphatic carbocycles. The van der Waals surface area contributed by atoms with Crippen LogP contribution in [0, 0.1) is 24.0 Å². The lowest BCUT2D eigenvalue weighted by atomic mass is 10.2. The third-order valence-corrected chi connectivity index (χ3v) is 3.99. The molecular weight excluding hydrogens is 330 g/mol. The fraction of sp³-hybridized carbons (Fsp3) is 0.190. The number of hydrogen-bond donors (Lipinski definition) is 0. The molecule has 0 spiro atoms. The van der Waals surface area contributed by atoms with Crippen LogP contribution in [0.4, 0.5) is 5.69 Å². The Morgan fingerprint density at radius 1 is 1.08 bits per heavy atom. The highest BCUT2D eigenvalue weighted by molar-refractivity contribution is 5.80. The molecule has 0 bridgehead atoms. The number of hydroxylamine groups is 2. The first-order valence-electron chi connectivity index (χ1n) is 8.20. The lowest BCUT2D eigenvalue weighted by Crippen LogP contribution is -2.38. The fourth-order valence-corrected chi connectivity index (χ4v) is 2.46. The topological polar surface area (TPSA) is 62.5 Å². The molecular formula is C21H19NO4. The summed E-state index contributed by atoms with van der Waals surface area (Å²) in [7, 11) is 1.54. The first-order valence-corrected chi connectivity index (χ1v) is 8.20. The van der Waals surface area contributed by atoms with Crippen molar-refractivity contribution in [1.82, 2.24) is 4.65 Å². The normalized spacial score (nSPS) is 12.9. The molecule has 3 rings (SSSR count). The molecule has 0 aliphatic heterocycles. The average molecular weight is 349 g/mol. The van der Waals surface area contributed by atoms with Crippen LogP contribution in [0.3, 0.4) is 0 Å². The van der Waals surface area contributed by atoms with Crippen LogP contribution < -0.4 is 15.0 Å². The smallest absolute Gasteiger partial charge is 0.336 e. The Kier molecular flexibility index (Phi) is 5.08. The number of rotatable bonds is 4. The van der Waals surface area contributed by atoms with Crippen LogP contribution in [0.15, 0.2) is 63.8 Å². The third kappa shape index (κ3) is 4.31. The molecule has 0 radical (unpaired) electrons. The van der Waals surface area contributed by atoms with Gasteiger partial charge in [-0.2, -0.15) is 0 Å². The van der Waals surface area contributed by atoms with Gasteiger partial charge in [0.25, 0.3) is 0 Å². The summed E-state index contributed by atoms with van der Waals surface area (Å²) in [5, 5.41) is 13.5. The molecule has 26 heavy (non-hydrogen) atoms. The molecule has 1 aromatic heterocycles. The van der Waals surface area contributed by atoms with E-state index in [-0.39, 0.29) is 13.2 Å². The van der Waals surface area contributed by atoms with Crippen LogP contribution in [0.5, 0.6) is 5.75 Å². The van der Waals surface area contributed by atoms with E-state index in [2.05, 4.69) is 11.8 Å². The zero-order chi connectivity index (χ0) is 18.6. The Bertz CT molecular complexity index is 1020. The molecule has 0 aliphatic rings. The van der Waals surface area contributed by atoms with E-state index in [1.165, 1.54) is 13.1 Å². The van der Waals surface area contributed by atoms with E-state index in [1.54, 1.807) is 24.3 Å². The number of ether oxygens (including phenoxy) is 1. The molecule has 132 valence electrons. The SMILES string of the molecule is Cc1ccc(OCC#CC[N+](C)([O-])c2ccc3oc(=O)ccc3c2)cc1. The Labute approximate surface area is 151 Å². The Morgan fingerprint density at radius 2 is 1.85 bits per heavy atom. The summed E-state index contributed by atoms with van der Waals surface area (Å²) in [6, 6.07) is 15.7. The highest BCUT2D eigenvalue weighted by Crippen LogP contribution is 2.24. The van der Waals surface area contributed by atoms with Crippen LogP contribution in [-0.2, 0) is 0 Å². The molecule has 3 aromatic rings. The minimum absolute atomic E-state index is 0.0968. The second-order valence-corrected chi connectivity index (χ2v) is 6.19. The zero-order valence-corrected chi connectivity index (χ0v) is 14.7. The predicted octanol–water partition coefficient (Wildman–Crippen LogP) is 3.62. The number of aryl methyl sites for hydroxylation is 1. The third-order valence-electron chi connectivity index (χ3n) is 3.99. The number of quaternary nitrogens is 1. The molecule has 0 saturated carbocycles. The van der Waals surface area contributed by atoms with Gasteiger partial charge in [0.2, 0.25) is 0 Å². The maximum Gasteiger partial charge on any atom is 0.336 e. The van der Waals surface area contributed by atoms with Gasteiger partial charge < -0.3 is 19.0 Å². The molecule has 0 saturated heterocycles. The van der Waals surface area contributed by atoms with Crippen LogP contribution in [0.25, 0.3) is 11.0 Å². The van der Waals surface area contributed by atoms with Crippen LogP contribution >= 0.6 is 0 Å². The van der Waals surface area contributed by atoms with E-state index in [1.807, 2.05) is 31.2 Å². The van der Waals surface area contributed by atoms with Crippen molar-refractivity contribution in [1.29, 1.82) is 0 Å². The molecule has 1 heterocycles. The van der Waals surface area contributed by atoms with E-state index >= 15 is 0 Å². The Hall–Kier alpha value is -3.07. The largest absolute Gasteiger partial charge is 0.627 e. The number of hydrogen-bond acceptors (Lipinski definition) is 4. The van der Waals surface area contributed by atoms with E-state index in [9.17, 15) is 10.0 Å². The molecule has 0 fully saturated rings. The van der Waals surface area contributed by atoms with Gasteiger partial charge in [0.1, 0.15) is 30.2 Å². The number of benzene rings is 2. The second kappa shape index (κ2) is 7.44. The summed E-state index contributed by atoms with van der Waals surface area (Å²) in [6.07, 6.45) is 0. The molecule has 1 atom stereocenters. The van der Waals surface area contributed by atoms with Crippen LogP contribution in [-0.4, -0.2) is 20.2 Å². The maximum absolute atomic E-state index is 12.8. The minimum atomic E-state index is -0.646. The second-order valence-electron chi connectivity index (χ2n) is 6.19. The van der Waals surface area contributed by atoms with Gasteiger partial charge in [-0.3, -0.25) is 0 Å². The van der Waals surface area contributed by atoms with E-state index < -0.39 is 10.3 Å². The lowest BCUT2D eigenvalue weighted by Gasteiger charge is -2.36. The molecule has 5 nitrogen and oxygen atoms in total. The van der Waals surface area contributed by atoms with Gasteiger partial charge in [0.05, 0.1) is 7.05 Å². The predicted molar refractivity (Wildman–Crippen MR) is 103 cm³/mol. The maximum atomic E-state index is 12.8. The number of nitrogens with zero attached hydrogens (tertiary/aromatic N) is 1. The Morgan fingerprint density at radius 3 is 2.62 bits per heavy atom. The summed E-state index contributed by atoms with van der Waals surface area (Å²) >= 11 is 0. The van der Waals surface area contributed by atoms with Gasteiger partial charge in [-0.1, -0.05) is 23.6 Å². The summed E-state index contributed by atoms with van der Waals surface area (Å²) in [6.45, 7) is 2.34. The monoisotopic (exact) mass is 349 g/mol. The summed E-state index contributed by atoms with van der Waals surface area (Å²) in [5.41, 5.74) is 1.75. The van der Waals surface area contributed by atoms with Gasteiger partial charge in [-0.15, -0.1) is 0 Å². The quantitative estimate of drug-likeness (QED) is 0.312. The molecule has 5 heteroatoms. The summed E-state index contributed by atoms with van der Waals surface area (Å²) in [4.78, 5) is 11.2. The first-order chi connectivity index (χ1) is 12.4. The van der Waals surface area contributed by atoms with Crippen molar-refractivity contribution in [3.63, 3.8) is 0 Å². The van der Waals surface area contributed by atoms with Crippen molar-refractivity contribution >= 4 is 16.7 Å². The molecule has 0 amide bonds. The van der Waals surface area contributed by atoms with Crippen molar-refractivity contribution in [2.75, 3.05) is 20.2 Å². The van der Waals surface area contributed by atoms with Crippen molar-refractivity contribution in [2.45, 2.75) is 6.92 Å². The highest BCUT2D eigenvalue weighted by atomic mass is 16.5. The standard InChI is InChI=1S/C21H19NO4/c1-16-5-9-19(10-6-16)25-14-4-3-13-22(2,24)18-8-11-20-17(15-18)7-12-21(23)26-20/h5-12,15H,13-14H2,1-2H3. The van der Waals surface area contributed by atoms with E-state index in [4.69, 9.17) is 9.15 Å². The van der Waals surface area contributed by atoms with Crippen LogP contribution in [0.1, 0.15) is 5.56 Å². The van der Waals surface area contributed by atoms with Crippen molar-refractivity contribution in [2.24, 2.45) is 0 Å². The van der Waals surface area contributed by atoms with Crippen molar-refractivity contribution in [3.05, 3.63) is 75.8 Å². The van der Waals surface area contributed by atoms with Gasteiger partial charge in [0.15, 0.2) is 0 Å². The summed E-state index contributed by atoms with van der Waals surface area (Å²) < 4.78 is 9.96. The van der Waals surface area contributed by atoms with Gasteiger partial charge in [0, 0.05) is 23.6 Å². The molecule has 0 N–H and O–H groups in total. The van der Waals surface area contributed by atoms with E-state index in [0.717, 1.165) is 11.3 Å². The Balaban J connectivity index is 1.64. The van der Waals surface area contributed by atoms with Gasteiger partial charge in [-0.05, 0) is 37.1 Å². The molecule has 1 unspecified atom stereocenters. The lowest BCUT2D eigenvalue weighted by molar-refractivity contribution is 0.370. The number of fused-ring (bicyclic) bond motifs is 1. The first kappa shape index (κ1) is 17.7. The fourth-order valence-electron chi connectivity index (χ4n) is 2.46. The van der Waals surface area contributed by atoms with Crippen molar-refractivity contribution < 1.29 is 9.15 Å². The van der Waals surface area contributed by atoms with E-state index in [0.29, 0.717) is 16.7 Å². The van der Waals surface area contributed by atoms with Gasteiger partial charge >= 0.3 is 5.63 Å². The average Bonchev–Trinajstić information content (AvgIpc) is 2.62. The minimum Gasteiger partial charge on any atom is -0.627 e. The highest BCUT2D eigenvalue weighted by Gasteiger charge is 2.14. The summed E-state index contributed by atoms with van der Waals surface area (Å²) in [5.74, 6) is 6.50. The van der Waals surface area contributed by atoms with Gasteiger partial charge in [-0.25, -0.2) is 4.79 Å². The van der Waals surface area contributed by atoms with Crippen molar-refractivity contribution in [3.8, 4) is 17.6 Å².